The van der Waals surface area contributed by atoms with Crippen molar-refractivity contribution in [2.24, 2.45) is 5.92 Å². The molecule has 0 radical (unpaired) electrons. The molecule has 0 saturated carbocycles. The van der Waals surface area contributed by atoms with E-state index in [0.717, 1.165) is 43.9 Å². The van der Waals surface area contributed by atoms with Gasteiger partial charge in [-0.3, -0.25) is 4.79 Å². The summed E-state index contributed by atoms with van der Waals surface area (Å²) < 4.78 is 5.25. The van der Waals surface area contributed by atoms with Crippen LogP contribution in [0.5, 0.6) is 0 Å². The minimum Gasteiger partial charge on any atom is -0.370 e. The Labute approximate surface area is 99.6 Å². The molecule has 0 atom stereocenters. The highest BCUT2D eigenvalue weighted by Gasteiger charge is 2.20. The number of nitrogens with zero attached hydrogens (tertiary/aromatic N) is 1. The smallest absolute Gasteiger partial charge is 0.256 e. The molecule has 5 heteroatoms. The van der Waals surface area contributed by atoms with Crippen LogP contribution >= 0.6 is 0 Å². The molecular formula is C12H17N3O2. The molecule has 2 N–H and O–H groups in total. The van der Waals surface area contributed by atoms with Crippen LogP contribution in [0.1, 0.15) is 29.9 Å². The number of ether oxygens (including phenoxy) is 1. The van der Waals surface area contributed by atoms with E-state index in [-0.39, 0.29) is 5.56 Å². The number of aromatic nitrogens is 2. The average molecular weight is 235 g/mol. The van der Waals surface area contributed by atoms with E-state index < -0.39 is 0 Å². The molecule has 5 nitrogen and oxygen atoms in total. The van der Waals surface area contributed by atoms with Gasteiger partial charge in [0, 0.05) is 6.42 Å². The van der Waals surface area contributed by atoms with Gasteiger partial charge in [0.15, 0.2) is 0 Å². The highest BCUT2D eigenvalue weighted by molar-refractivity contribution is 5.19. The average Bonchev–Trinajstić information content (AvgIpc) is 2.79. The van der Waals surface area contributed by atoms with Gasteiger partial charge in [-0.15, -0.1) is 0 Å². The summed E-state index contributed by atoms with van der Waals surface area (Å²) in [6.07, 6.45) is 3.21. The third-order valence-electron chi connectivity index (χ3n) is 3.58. The van der Waals surface area contributed by atoms with Gasteiger partial charge in [0.1, 0.15) is 5.82 Å². The molecule has 3 rings (SSSR count). The second-order valence-corrected chi connectivity index (χ2v) is 4.83. The summed E-state index contributed by atoms with van der Waals surface area (Å²) in [6.45, 7) is 3.04. The van der Waals surface area contributed by atoms with Crippen molar-refractivity contribution in [3.8, 4) is 0 Å². The van der Waals surface area contributed by atoms with Crippen molar-refractivity contribution < 1.29 is 4.74 Å². The largest absolute Gasteiger partial charge is 0.370 e. The molecule has 17 heavy (non-hydrogen) atoms. The van der Waals surface area contributed by atoms with E-state index in [1.165, 1.54) is 0 Å². The van der Waals surface area contributed by atoms with E-state index in [2.05, 4.69) is 15.3 Å². The van der Waals surface area contributed by atoms with Crippen molar-refractivity contribution in [2.45, 2.75) is 32.5 Å². The minimum absolute atomic E-state index is 0.0172. The van der Waals surface area contributed by atoms with Crippen LogP contribution in [-0.4, -0.2) is 23.1 Å². The lowest BCUT2D eigenvalue weighted by Crippen LogP contribution is -2.29. The fourth-order valence-electron chi connectivity index (χ4n) is 2.57. The van der Waals surface area contributed by atoms with Gasteiger partial charge in [0.2, 0.25) is 0 Å². The Kier molecular flexibility index (Phi) is 2.94. The van der Waals surface area contributed by atoms with Crippen molar-refractivity contribution in [1.82, 2.24) is 15.3 Å². The summed E-state index contributed by atoms with van der Waals surface area (Å²) in [5.41, 5.74) is 1.52. The highest BCUT2D eigenvalue weighted by atomic mass is 16.5. The Hall–Kier alpha value is -1.20. The van der Waals surface area contributed by atoms with Gasteiger partial charge in [0.25, 0.3) is 5.56 Å². The first-order valence-corrected chi connectivity index (χ1v) is 6.22. The van der Waals surface area contributed by atoms with Crippen LogP contribution in [0.2, 0.25) is 0 Å². The standard InChI is InChI=1S/C12H17N3O2/c16-12-9-6-17-7-10(9)14-11(15-12)5-8-1-3-13-4-2-8/h8,13H,1-7H2,(H,14,15,16). The molecule has 2 aliphatic heterocycles. The third kappa shape index (κ3) is 2.25. The van der Waals surface area contributed by atoms with Gasteiger partial charge in [-0.25, -0.2) is 4.98 Å². The first kappa shape index (κ1) is 10.9. The second-order valence-electron chi connectivity index (χ2n) is 4.83. The molecule has 2 aliphatic rings. The molecule has 0 unspecified atom stereocenters. The van der Waals surface area contributed by atoms with E-state index in [0.29, 0.717) is 24.7 Å². The summed E-state index contributed by atoms with van der Waals surface area (Å²) in [7, 11) is 0. The van der Waals surface area contributed by atoms with Crippen LogP contribution in [-0.2, 0) is 24.4 Å². The van der Waals surface area contributed by atoms with Crippen molar-refractivity contribution in [3.05, 3.63) is 27.4 Å². The Balaban J connectivity index is 1.79. The Morgan fingerprint density at radius 1 is 1.29 bits per heavy atom. The monoisotopic (exact) mass is 235 g/mol. The number of hydrogen-bond donors (Lipinski definition) is 2. The van der Waals surface area contributed by atoms with Gasteiger partial charge in [-0.1, -0.05) is 0 Å². The van der Waals surface area contributed by atoms with Crippen LogP contribution in [0.3, 0.4) is 0 Å². The molecule has 1 aromatic rings. The van der Waals surface area contributed by atoms with E-state index in [4.69, 9.17) is 4.74 Å². The lowest BCUT2D eigenvalue weighted by Gasteiger charge is -2.21. The number of nitrogens with one attached hydrogen (secondary N) is 2. The van der Waals surface area contributed by atoms with Crippen molar-refractivity contribution in [3.63, 3.8) is 0 Å². The lowest BCUT2D eigenvalue weighted by atomic mass is 9.94. The van der Waals surface area contributed by atoms with Crippen LogP contribution in [0.4, 0.5) is 0 Å². The first-order chi connectivity index (χ1) is 8.33. The molecule has 0 bridgehead atoms. The molecule has 0 spiro atoms. The number of H-pyrrole nitrogens is 1. The van der Waals surface area contributed by atoms with Crippen LogP contribution in [0, 0.1) is 5.92 Å². The topological polar surface area (TPSA) is 67.0 Å². The fraction of sp³-hybridized carbons (Fsp3) is 0.667. The van der Waals surface area contributed by atoms with E-state index in [1.54, 1.807) is 0 Å². The number of piperidine rings is 1. The lowest BCUT2D eigenvalue weighted by molar-refractivity contribution is 0.132. The molecule has 3 heterocycles. The normalized spacial score (nSPS) is 20.5. The number of fused-ring (bicyclic) bond motifs is 1. The molecule has 0 aromatic carbocycles. The summed E-state index contributed by atoms with van der Waals surface area (Å²) in [4.78, 5) is 19.2. The molecule has 1 saturated heterocycles. The SMILES string of the molecule is O=c1[nH]c(CC2CCNCC2)nc2c1COC2. The fourth-order valence-corrected chi connectivity index (χ4v) is 2.57. The van der Waals surface area contributed by atoms with Crippen molar-refractivity contribution in [1.29, 1.82) is 0 Å². The predicted molar refractivity (Wildman–Crippen MR) is 62.6 cm³/mol. The summed E-state index contributed by atoms with van der Waals surface area (Å²) in [5, 5.41) is 3.34. The minimum atomic E-state index is -0.0172. The molecule has 1 aromatic heterocycles. The second kappa shape index (κ2) is 4.58. The predicted octanol–water partition coefficient (Wildman–Crippen LogP) is 0.342. The molecular weight excluding hydrogens is 218 g/mol. The zero-order valence-electron chi connectivity index (χ0n) is 9.79. The Morgan fingerprint density at radius 3 is 2.94 bits per heavy atom. The van der Waals surface area contributed by atoms with E-state index in [1.807, 2.05) is 0 Å². The van der Waals surface area contributed by atoms with E-state index in [9.17, 15) is 4.79 Å². The zero-order valence-corrected chi connectivity index (χ0v) is 9.79. The Morgan fingerprint density at radius 2 is 2.12 bits per heavy atom. The molecule has 0 aliphatic carbocycles. The molecule has 92 valence electrons. The highest BCUT2D eigenvalue weighted by Crippen LogP contribution is 2.18. The number of rotatable bonds is 2. The summed E-state index contributed by atoms with van der Waals surface area (Å²) in [5.74, 6) is 1.46. The summed E-state index contributed by atoms with van der Waals surface area (Å²) >= 11 is 0. The number of aromatic amines is 1. The zero-order chi connectivity index (χ0) is 11.7. The maximum atomic E-state index is 11.8. The maximum Gasteiger partial charge on any atom is 0.256 e. The summed E-state index contributed by atoms with van der Waals surface area (Å²) in [6, 6.07) is 0. The van der Waals surface area contributed by atoms with Crippen molar-refractivity contribution in [2.75, 3.05) is 13.1 Å². The van der Waals surface area contributed by atoms with Gasteiger partial charge >= 0.3 is 0 Å². The molecule has 1 fully saturated rings. The van der Waals surface area contributed by atoms with Crippen LogP contribution in [0.15, 0.2) is 4.79 Å². The first-order valence-electron chi connectivity index (χ1n) is 6.22. The third-order valence-corrected chi connectivity index (χ3v) is 3.58. The van der Waals surface area contributed by atoms with Gasteiger partial charge in [0.05, 0.1) is 24.5 Å². The number of hydrogen-bond acceptors (Lipinski definition) is 4. The molecule has 0 amide bonds. The van der Waals surface area contributed by atoms with Gasteiger partial charge in [-0.2, -0.15) is 0 Å². The Bertz CT molecular complexity index is 463. The van der Waals surface area contributed by atoms with Gasteiger partial charge in [-0.05, 0) is 31.8 Å². The van der Waals surface area contributed by atoms with Gasteiger partial charge < -0.3 is 15.0 Å². The van der Waals surface area contributed by atoms with Crippen molar-refractivity contribution >= 4 is 0 Å². The maximum absolute atomic E-state index is 11.8. The van der Waals surface area contributed by atoms with Crippen LogP contribution < -0.4 is 10.9 Å². The van der Waals surface area contributed by atoms with E-state index >= 15 is 0 Å². The van der Waals surface area contributed by atoms with Crippen LogP contribution in [0.25, 0.3) is 0 Å². The quantitative estimate of drug-likeness (QED) is 0.776.